The number of hydrogen-bond donors (Lipinski definition) is 0. The Bertz CT molecular complexity index is 1560. The highest BCUT2D eigenvalue weighted by Crippen LogP contribution is 2.43. The van der Waals surface area contributed by atoms with Crippen LogP contribution in [0.1, 0.15) is 5.56 Å². The van der Waals surface area contributed by atoms with E-state index in [-0.39, 0.29) is 0 Å². The second-order valence-corrected chi connectivity index (χ2v) is 10.9. The zero-order valence-electron chi connectivity index (χ0n) is 19.1. The van der Waals surface area contributed by atoms with Crippen molar-refractivity contribution in [2.45, 2.75) is 6.92 Å². The van der Waals surface area contributed by atoms with Crippen LogP contribution in [0, 0.1) is 6.92 Å². The summed E-state index contributed by atoms with van der Waals surface area (Å²) >= 11 is 0. The third-order valence-electron chi connectivity index (χ3n) is 6.56. The lowest BCUT2D eigenvalue weighted by molar-refractivity contribution is 1.50. The molecule has 6 aromatic carbocycles. The maximum absolute atomic E-state index is 2.38. The van der Waals surface area contributed by atoms with Crippen LogP contribution in [-0.4, -0.2) is 0 Å². The molecule has 0 N–H and O–H groups in total. The first-order chi connectivity index (χ1) is 16.8. The smallest absolute Gasteiger partial charge is 0.00128 e. The molecular formula is C33H25P. The number of aryl methyl sites for hydroxylation is 1. The predicted octanol–water partition coefficient (Wildman–Crippen LogP) is 7.73. The Hall–Kier alpha value is -3.73. The standard InChI is InChI=1S/C33H25P/c1-24-20-21-25-12-8-10-18-29(25)32(24)33-30-19-11-9-13-26(30)22-23-31(33)34(27-14-4-2-5-15-27)28-16-6-3-7-17-28/h2-23H,1H3. The fourth-order valence-corrected chi connectivity index (χ4v) is 7.48. The molecule has 0 spiro atoms. The molecule has 0 radical (unpaired) electrons. The lowest BCUT2D eigenvalue weighted by Gasteiger charge is -2.25. The molecule has 6 aromatic rings. The predicted molar refractivity (Wildman–Crippen MR) is 150 cm³/mol. The summed E-state index contributed by atoms with van der Waals surface area (Å²) in [6, 6.07) is 48.8. The van der Waals surface area contributed by atoms with Crippen LogP contribution in [0.15, 0.2) is 133 Å². The highest BCUT2D eigenvalue weighted by molar-refractivity contribution is 7.80. The zero-order valence-corrected chi connectivity index (χ0v) is 20.0. The van der Waals surface area contributed by atoms with Crippen molar-refractivity contribution in [3.05, 3.63) is 139 Å². The normalized spacial score (nSPS) is 11.4. The van der Waals surface area contributed by atoms with Gasteiger partial charge in [0.2, 0.25) is 0 Å². The molecule has 0 unspecified atom stereocenters. The SMILES string of the molecule is Cc1ccc2ccccc2c1-c1c(P(c2ccccc2)c2ccccc2)ccc2ccccc12. The number of benzene rings is 6. The van der Waals surface area contributed by atoms with Crippen LogP contribution in [0.2, 0.25) is 0 Å². The first kappa shape index (κ1) is 20.8. The molecule has 1 heteroatoms. The van der Waals surface area contributed by atoms with Gasteiger partial charge < -0.3 is 0 Å². The summed E-state index contributed by atoms with van der Waals surface area (Å²) in [5.41, 5.74) is 4.03. The fraction of sp³-hybridized carbons (Fsp3) is 0.0303. The highest BCUT2D eigenvalue weighted by Gasteiger charge is 2.23. The van der Waals surface area contributed by atoms with Crippen molar-refractivity contribution in [2.24, 2.45) is 0 Å². The fourth-order valence-electron chi connectivity index (χ4n) is 5.00. The number of fused-ring (bicyclic) bond motifs is 2. The Kier molecular flexibility index (Phi) is 5.46. The second-order valence-electron chi connectivity index (χ2n) is 8.67. The van der Waals surface area contributed by atoms with E-state index >= 15 is 0 Å². The molecular weight excluding hydrogens is 427 g/mol. The summed E-state index contributed by atoms with van der Waals surface area (Å²) in [4.78, 5) is 0. The number of hydrogen-bond acceptors (Lipinski definition) is 0. The van der Waals surface area contributed by atoms with E-state index in [1.165, 1.54) is 54.1 Å². The van der Waals surface area contributed by atoms with Crippen molar-refractivity contribution in [2.75, 3.05) is 0 Å². The molecule has 0 heterocycles. The summed E-state index contributed by atoms with van der Waals surface area (Å²) in [6.45, 7) is 2.25. The van der Waals surface area contributed by atoms with Crippen molar-refractivity contribution < 1.29 is 0 Å². The first-order valence-electron chi connectivity index (χ1n) is 11.7. The van der Waals surface area contributed by atoms with E-state index in [1.54, 1.807) is 0 Å². The third kappa shape index (κ3) is 3.61. The largest absolute Gasteiger partial charge is 0.0622 e. The van der Waals surface area contributed by atoms with Gasteiger partial charge in [-0.25, -0.2) is 0 Å². The Morgan fingerprint density at radius 3 is 1.47 bits per heavy atom. The molecule has 0 aromatic heterocycles. The van der Waals surface area contributed by atoms with E-state index in [1.807, 2.05) is 0 Å². The molecule has 0 aliphatic heterocycles. The molecule has 6 rings (SSSR count). The van der Waals surface area contributed by atoms with E-state index in [2.05, 4.69) is 140 Å². The minimum Gasteiger partial charge on any atom is -0.0622 e. The zero-order chi connectivity index (χ0) is 22.9. The molecule has 0 bridgehead atoms. The van der Waals surface area contributed by atoms with E-state index in [0.717, 1.165) is 0 Å². The van der Waals surface area contributed by atoms with Crippen LogP contribution in [-0.2, 0) is 0 Å². The summed E-state index contributed by atoms with van der Waals surface area (Å²) in [5, 5.41) is 9.35. The molecule has 0 saturated carbocycles. The van der Waals surface area contributed by atoms with Crippen LogP contribution in [0.5, 0.6) is 0 Å². The van der Waals surface area contributed by atoms with Crippen LogP contribution >= 0.6 is 7.92 Å². The van der Waals surface area contributed by atoms with Gasteiger partial charge in [0.1, 0.15) is 0 Å². The Balaban J connectivity index is 1.76. The van der Waals surface area contributed by atoms with Gasteiger partial charge in [-0.3, -0.25) is 0 Å². The Labute approximate surface area is 202 Å². The van der Waals surface area contributed by atoms with Crippen molar-refractivity contribution in [1.82, 2.24) is 0 Å². The highest BCUT2D eigenvalue weighted by atomic mass is 31.1. The average molecular weight is 453 g/mol. The van der Waals surface area contributed by atoms with Crippen molar-refractivity contribution in [3.8, 4) is 11.1 Å². The van der Waals surface area contributed by atoms with Gasteiger partial charge in [0, 0.05) is 0 Å². The Morgan fingerprint density at radius 2 is 0.882 bits per heavy atom. The molecule has 0 nitrogen and oxygen atoms in total. The van der Waals surface area contributed by atoms with Crippen LogP contribution < -0.4 is 15.9 Å². The van der Waals surface area contributed by atoms with E-state index in [4.69, 9.17) is 0 Å². The quantitative estimate of drug-likeness (QED) is 0.240. The van der Waals surface area contributed by atoms with Crippen molar-refractivity contribution >= 4 is 45.4 Å². The molecule has 0 atom stereocenters. The van der Waals surface area contributed by atoms with Crippen molar-refractivity contribution in [3.63, 3.8) is 0 Å². The number of rotatable bonds is 4. The van der Waals surface area contributed by atoms with Gasteiger partial charge in [0.25, 0.3) is 0 Å². The average Bonchev–Trinajstić information content (AvgIpc) is 2.90. The van der Waals surface area contributed by atoms with E-state index in [9.17, 15) is 0 Å². The van der Waals surface area contributed by atoms with Crippen LogP contribution in [0.4, 0.5) is 0 Å². The summed E-state index contributed by atoms with van der Waals surface area (Å²) in [5.74, 6) is 0. The molecule has 0 fully saturated rings. The lowest BCUT2D eigenvalue weighted by atomic mass is 9.90. The van der Waals surface area contributed by atoms with Crippen LogP contribution in [0.3, 0.4) is 0 Å². The second kappa shape index (κ2) is 8.90. The Morgan fingerprint density at radius 1 is 0.412 bits per heavy atom. The minimum absolute atomic E-state index is 0.731. The summed E-state index contributed by atoms with van der Waals surface area (Å²) < 4.78 is 0. The molecule has 34 heavy (non-hydrogen) atoms. The van der Waals surface area contributed by atoms with E-state index in [0.29, 0.717) is 0 Å². The maximum atomic E-state index is 2.38. The third-order valence-corrected chi connectivity index (χ3v) is 9.05. The monoisotopic (exact) mass is 452 g/mol. The van der Waals surface area contributed by atoms with Crippen molar-refractivity contribution in [1.29, 1.82) is 0 Å². The first-order valence-corrected chi connectivity index (χ1v) is 13.1. The van der Waals surface area contributed by atoms with Gasteiger partial charge in [-0.05, 0) is 69.0 Å². The molecule has 0 amide bonds. The van der Waals surface area contributed by atoms with Gasteiger partial charge in [-0.2, -0.15) is 0 Å². The molecule has 0 aliphatic carbocycles. The van der Waals surface area contributed by atoms with Gasteiger partial charge >= 0.3 is 0 Å². The molecule has 0 aliphatic rings. The lowest BCUT2D eigenvalue weighted by Crippen LogP contribution is -2.22. The topological polar surface area (TPSA) is 0 Å². The van der Waals surface area contributed by atoms with Gasteiger partial charge in [0.15, 0.2) is 0 Å². The van der Waals surface area contributed by atoms with Gasteiger partial charge in [-0.1, -0.05) is 133 Å². The van der Waals surface area contributed by atoms with E-state index < -0.39 is 7.92 Å². The van der Waals surface area contributed by atoms with Gasteiger partial charge in [-0.15, -0.1) is 0 Å². The summed E-state index contributed by atoms with van der Waals surface area (Å²) in [7, 11) is -0.731. The van der Waals surface area contributed by atoms with Crippen LogP contribution in [0.25, 0.3) is 32.7 Å². The summed E-state index contributed by atoms with van der Waals surface area (Å²) in [6.07, 6.45) is 0. The molecule has 0 saturated heterocycles. The molecule has 162 valence electrons. The van der Waals surface area contributed by atoms with Gasteiger partial charge in [0.05, 0.1) is 0 Å². The minimum atomic E-state index is -0.731. The maximum Gasteiger partial charge on any atom is -0.00128 e.